The highest BCUT2D eigenvalue weighted by atomic mass is 35.5. The topological polar surface area (TPSA) is 12.0 Å². The van der Waals surface area contributed by atoms with Gasteiger partial charge in [-0.05, 0) is 70.3 Å². The average molecular weight is 392 g/mol. The Bertz CT molecular complexity index is 1120. The largest absolute Gasteiger partial charge is 0.376 e. The monoisotopic (exact) mass is 391 g/mol. The van der Waals surface area contributed by atoms with E-state index in [4.69, 9.17) is 23.2 Å². The molecule has 1 aliphatic heterocycles. The third-order valence-corrected chi connectivity index (χ3v) is 7.15. The summed E-state index contributed by atoms with van der Waals surface area (Å²) in [6, 6.07) is 15.6. The minimum Gasteiger partial charge on any atom is -0.376 e. The van der Waals surface area contributed by atoms with Crippen molar-refractivity contribution < 1.29 is 0 Å². The van der Waals surface area contributed by atoms with Gasteiger partial charge < -0.3 is 5.32 Å². The van der Waals surface area contributed by atoms with Crippen molar-refractivity contribution in [3.05, 3.63) is 86.9 Å². The number of aryl methyl sites for hydroxylation is 2. The van der Waals surface area contributed by atoms with Gasteiger partial charge in [-0.15, -0.1) is 0 Å². The Balaban J connectivity index is 1.56. The van der Waals surface area contributed by atoms with Gasteiger partial charge in [-0.3, -0.25) is 0 Å². The van der Waals surface area contributed by atoms with Gasteiger partial charge in [-0.2, -0.15) is 0 Å². The zero-order valence-corrected chi connectivity index (χ0v) is 16.3. The number of benzene rings is 3. The second-order valence-electron chi connectivity index (χ2n) is 7.98. The van der Waals surface area contributed by atoms with Crippen LogP contribution in [0.3, 0.4) is 0 Å². The van der Waals surface area contributed by atoms with E-state index in [0.29, 0.717) is 21.9 Å². The van der Waals surface area contributed by atoms with E-state index in [9.17, 15) is 0 Å². The first-order valence-electron chi connectivity index (χ1n) is 9.66. The minimum absolute atomic E-state index is 0.251. The summed E-state index contributed by atoms with van der Waals surface area (Å²) in [6.07, 6.45) is 8.05. The van der Waals surface area contributed by atoms with Crippen LogP contribution in [0.5, 0.6) is 0 Å². The summed E-state index contributed by atoms with van der Waals surface area (Å²) < 4.78 is 0. The van der Waals surface area contributed by atoms with Crippen molar-refractivity contribution >= 4 is 39.7 Å². The lowest BCUT2D eigenvalue weighted by molar-refractivity contribution is 0.427. The molecule has 0 fully saturated rings. The summed E-state index contributed by atoms with van der Waals surface area (Å²) in [5.41, 5.74) is 6.65. The van der Waals surface area contributed by atoms with E-state index in [-0.39, 0.29) is 6.04 Å². The molecule has 3 aromatic carbocycles. The van der Waals surface area contributed by atoms with Crippen LogP contribution in [0.15, 0.2) is 54.6 Å². The van der Waals surface area contributed by atoms with Gasteiger partial charge in [0, 0.05) is 10.9 Å². The maximum absolute atomic E-state index is 6.60. The summed E-state index contributed by atoms with van der Waals surface area (Å²) in [4.78, 5) is 0. The predicted octanol–water partition coefficient (Wildman–Crippen LogP) is 7.07. The second kappa shape index (κ2) is 5.77. The van der Waals surface area contributed by atoms with Crippen LogP contribution in [0.2, 0.25) is 10.0 Å². The first-order chi connectivity index (χ1) is 13.2. The fourth-order valence-corrected chi connectivity index (χ4v) is 6.03. The van der Waals surface area contributed by atoms with Crippen LogP contribution >= 0.6 is 23.2 Å². The van der Waals surface area contributed by atoms with Gasteiger partial charge in [0.15, 0.2) is 0 Å². The fraction of sp³-hybridized carbons (Fsp3) is 0.250. The third-order valence-electron chi connectivity index (χ3n) is 6.63. The molecule has 0 spiro atoms. The number of allylic oxidation sites excluding steroid dienone is 2. The number of hydrogen-bond acceptors (Lipinski definition) is 1. The van der Waals surface area contributed by atoms with Gasteiger partial charge in [0.1, 0.15) is 0 Å². The molecule has 0 radical (unpaired) electrons. The molecule has 0 aromatic heterocycles. The van der Waals surface area contributed by atoms with Crippen molar-refractivity contribution in [2.45, 2.75) is 31.2 Å². The second-order valence-corrected chi connectivity index (χ2v) is 8.82. The van der Waals surface area contributed by atoms with Gasteiger partial charge in [-0.1, -0.05) is 65.7 Å². The highest BCUT2D eigenvalue weighted by molar-refractivity contribution is 6.36. The quantitative estimate of drug-likeness (QED) is 0.437. The number of fused-ring (bicyclic) bond motifs is 3. The molecule has 3 atom stereocenters. The number of rotatable bonds is 1. The van der Waals surface area contributed by atoms with E-state index >= 15 is 0 Å². The Morgan fingerprint density at radius 2 is 1.78 bits per heavy atom. The van der Waals surface area contributed by atoms with Crippen LogP contribution in [0.25, 0.3) is 10.8 Å². The summed E-state index contributed by atoms with van der Waals surface area (Å²) in [5, 5.41) is 8.11. The van der Waals surface area contributed by atoms with E-state index in [2.05, 4.69) is 53.9 Å². The molecule has 0 bridgehead atoms. The summed E-state index contributed by atoms with van der Waals surface area (Å²) in [5.74, 6) is 0.857. The zero-order valence-electron chi connectivity index (χ0n) is 14.8. The Hall–Kier alpha value is -1.96. The lowest BCUT2D eigenvalue weighted by atomic mass is 9.76. The van der Waals surface area contributed by atoms with Crippen molar-refractivity contribution in [2.24, 2.45) is 5.92 Å². The molecule has 1 heterocycles. The molecule has 6 rings (SSSR count). The first kappa shape index (κ1) is 16.0. The lowest BCUT2D eigenvalue weighted by Gasteiger charge is -2.38. The van der Waals surface area contributed by atoms with Gasteiger partial charge in [0.25, 0.3) is 0 Å². The minimum atomic E-state index is 0.251. The van der Waals surface area contributed by atoms with Crippen LogP contribution in [0.1, 0.15) is 40.6 Å². The van der Waals surface area contributed by atoms with E-state index in [0.717, 1.165) is 24.9 Å². The molecule has 3 aromatic rings. The number of anilines is 1. The molecular formula is C24H19Cl2N. The Morgan fingerprint density at radius 1 is 0.926 bits per heavy atom. The van der Waals surface area contributed by atoms with E-state index in [1.165, 1.54) is 33.0 Å². The van der Waals surface area contributed by atoms with E-state index < -0.39 is 0 Å². The molecule has 134 valence electrons. The van der Waals surface area contributed by atoms with Crippen molar-refractivity contribution in [3.63, 3.8) is 0 Å². The van der Waals surface area contributed by atoms with Crippen LogP contribution in [0, 0.1) is 5.92 Å². The predicted molar refractivity (Wildman–Crippen MR) is 114 cm³/mol. The lowest BCUT2D eigenvalue weighted by Crippen LogP contribution is -2.29. The Labute approximate surface area is 169 Å². The smallest absolute Gasteiger partial charge is 0.0655 e. The summed E-state index contributed by atoms with van der Waals surface area (Å²) in [7, 11) is 0. The molecule has 0 unspecified atom stereocenters. The molecule has 0 saturated carbocycles. The highest BCUT2D eigenvalue weighted by Gasteiger charge is 2.39. The van der Waals surface area contributed by atoms with E-state index in [1.807, 2.05) is 6.07 Å². The average Bonchev–Trinajstić information content (AvgIpc) is 3.31. The number of halogens is 2. The molecule has 0 amide bonds. The van der Waals surface area contributed by atoms with Crippen molar-refractivity contribution in [1.82, 2.24) is 0 Å². The van der Waals surface area contributed by atoms with Crippen molar-refractivity contribution in [2.75, 3.05) is 5.32 Å². The van der Waals surface area contributed by atoms with Gasteiger partial charge >= 0.3 is 0 Å². The standard InChI is InChI=1S/C24H19Cl2N/c25-15-11-20-16-4-2-6-18(16)23(27-24(20)21(26)12-15)19-10-9-14-8-7-13-3-1-5-17(19)22(13)14/h1-5,9-12,16,18,23,27H,6-8H2/t16-,18+,23-/m1/s1. The van der Waals surface area contributed by atoms with Gasteiger partial charge in [0.05, 0.1) is 16.8 Å². The summed E-state index contributed by atoms with van der Waals surface area (Å²) in [6.45, 7) is 0. The maximum Gasteiger partial charge on any atom is 0.0655 e. The first-order valence-corrected chi connectivity index (χ1v) is 10.4. The molecule has 1 nitrogen and oxygen atoms in total. The van der Waals surface area contributed by atoms with Crippen LogP contribution in [-0.2, 0) is 12.8 Å². The van der Waals surface area contributed by atoms with E-state index in [1.54, 1.807) is 0 Å². The molecule has 27 heavy (non-hydrogen) atoms. The molecular weight excluding hydrogens is 373 g/mol. The maximum atomic E-state index is 6.60. The number of nitrogens with one attached hydrogen (secondary N) is 1. The molecule has 2 aliphatic carbocycles. The molecule has 1 N–H and O–H groups in total. The van der Waals surface area contributed by atoms with Crippen LogP contribution in [-0.4, -0.2) is 0 Å². The van der Waals surface area contributed by atoms with Crippen LogP contribution in [0.4, 0.5) is 5.69 Å². The van der Waals surface area contributed by atoms with Crippen molar-refractivity contribution in [1.29, 1.82) is 0 Å². The Morgan fingerprint density at radius 3 is 2.67 bits per heavy atom. The Kier molecular flexibility index (Phi) is 3.43. The van der Waals surface area contributed by atoms with Gasteiger partial charge in [0.2, 0.25) is 0 Å². The zero-order chi connectivity index (χ0) is 18.1. The molecule has 3 heteroatoms. The number of hydrogen-bond donors (Lipinski definition) is 1. The van der Waals surface area contributed by atoms with Gasteiger partial charge in [-0.25, -0.2) is 0 Å². The summed E-state index contributed by atoms with van der Waals surface area (Å²) >= 11 is 12.9. The fourth-order valence-electron chi connectivity index (χ4n) is 5.47. The normalized spacial score (nSPS) is 24.7. The third kappa shape index (κ3) is 2.25. The highest BCUT2D eigenvalue weighted by Crippen LogP contribution is 2.53. The van der Waals surface area contributed by atoms with Crippen LogP contribution < -0.4 is 5.32 Å². The molecule has 0 saturated heterocycles. The molecule has 3 aliphatic rings. The van der Waals surface area contributed by atoms with Crippen molar-refractivity contribution in [3.8, 4) is 0 Å². The SMILES string of the molecule is Clc1cc(Cl)c2c(c1)[C@@H]1C=CC[C@@H]1[C@H](c1ccc3c4c(cccc14)CC3)N2.